The fourth-order valence-corrected chi connectivity index (χ4v) is 3.23. The average Bonchev–Trinajstić information content (AvgIpc) is 2.38. The van der Waals surface area contributed by atoms with Crippen LogP contribution in [0.15, 0.2) is 45.8 Å². The standard InChI is InChI=1S/C12H10BrFN2O3S/c1-19-9-6-5-8(13)7-10(9)20(17,18)16-12-4-2-3-11(14)15-12/h2-7H,1H3,(H,15,16). The van der Waals surface area contributed by atoms with Gasteiger partial charge < -0.3 is 4.74 Å². The van der Waals surface area contributed by atoms with E-state index in [2.05, 4.69) is 25.6 Å². The highest BCUT2D eigenvalue weighted by Crippen LogP contribution is 2.28. The maximum atomic E-state index is 13.0. The highest BCUT2D eigenvalue weighted by atomic mass is 79.9. The molecule has 8 heteroatoms. The highest BCUT2D eigenvalue weighted by molar-refractivity contribution is 9.10. The molecule has 0 amide bonds. The average molecular weight is 361 g/mol. The molecule has 106 valence electrons. The van der Waals surface area contributed by atoms with Gasteiger partial charge in [-0.15, -0.1) is 0 Å². The second-order valence-corrected chi connectivity index (χ2v) is 6.31. The minimum atomic E-state index is -3.93. The van der Waals surface area contributed by atoms with E-state index in [1.165, 1.54) is 31.4 Å². The minimum absolute atomic E-state index is 0.0690. The zero-order valence-corrected chi connectivity index (χ0v) is 12.7. The van der Waals surface area contributed by atoms with Crippen LogP contribution in [0.3, 0.4) is 0 Å². The van der Waals surface area contributed by atoms with Crippen molar-refractivity contribution < 1.29 is 17.5 Å². The molecular weight excluding hydrogens is 351 g/mol. The third-order valence-corrected chi connectivity index (χ3v) is 4.24. The summed E-state index contributed by atoms with van der Waals surface area (Å²) in [5, 5.41) is 0. The van der Waals surface area contributed by atoms with Crippen LogP contribution < -0.4 is 9.46 Å². The molecule has 1 aromatic heterocycles. The number of pyridine rings is 1. The maximum absolute atomic E-state index is 13.0. The Bertz CT molecular complexity index is 737. The lowest BCUT2D eigenvalue weighted by Gasteiger charge is -2.11. The van der Waals surface area contributed by atoms with Crippen molar-refractivity contribution in [3.8, 4) is 5.75 Å². The van der Waals surface area contributed by atoms with Crippen LogP contribution in [0.25, 0.3) is 0 Å². The highest BCUT2D eigenvalue weighted by Gasteiger charge is 2.20. The van der Waals surface area contributed by atoms with Crippen molar-refractivity contribution in [2.75, 3.05) is 11.8 Å². The first-order valence-corrected chi connectivity index (χ1v) is 7.69. The molecule has 20 heavy (non-hydrogen) atoms. The van der Waals surface area contributed by atoms with Crippen LogP contribution in [0.5, 0.6) is 5.75 Å². The number of sulfonamides is 1. The molecule has 1 heterocycles. The Morgan fingerprint density at radius 3 is 2.70 bits per heavy atom. The van der Waals surface area contributed by atoms with Crippen molar-refractivity contribution in [2.24, 2.45) is 0 Å². The van der Waals surface area contributed by atoms with Crippen LogP contribution in [-0.2, 0) is 10.0 Å². The van der Waals surface area contributed by atoms with Crippen LogP contribution >= 0.6 is 15.9 Å². The van der Waals surface area contributed by atoms with Gasteiger partial charge in [0.1, 0.15) is 16.5 Å². The largest absolute Gasteiger partial charge is 0.495 e. The molecule has 0 saturated carbocycles. The molecule has 0 bridgehead atoms. The topological polar surface area (TPSA) is 68.3 Å². The summed E-state index contributed by atoms with van der Waals surface area (Å²) in [7, 11) is -2.57. The second kappa shape index (κ2) is 5.76. The Labute approximate surface area is 124 Å². The van der Waals surface area contributed by atoms with E-state index in [-0.39, 0.29) is 16.5 Å². The zero-order valence-electron chi connectivity index (χ0n) is 10.3. The molecule has 0 atom stereocenters. The number of anilines is 1. The molecule has 0 aliphatic rings. The van der Waals surface area contributed by atoms with Gasteiger partial charge in [0.25, 0.3) is 10.0 Å². The summed E-state index contributed by atoms with van der Waals surface area (Å²) in [4.78, 5) is 3.38. The number of hydrogen-bond donors (Lipinski definition) is 1. The van der Waals surface area contributed by atoms with Gasteiger partial charge in [0, 0.05) is 4.47 Å². The van der Waals surface area contributed by atoms with Gasteiger partial charge in [-0.25, -0.2) is 13.4 Å². The van der Waals surface area contributed by atoms with E-state index in [0.717, 1.165) is 6.07 Å². The zero-order chi connectivity index (χ0) is 14.8. The Hall–Kier alpha value is -1.67. The molecule has 0 unspecified atom stereocenters. The molecular formula is C12H10BrFN2O3S. The Balaban J connectivity index is 2.43. The first-order valence-electron chi connectivity index (χ1n) is 5.41. The van der Waals surface area contributed by atoms with E-state index in [1.807, 2.05) is 0 Å². The van der Waals surface area contributed by atoms with Gasteiger partial charge in [-0.05, 0) is 30.3 Å². The lowest BCUT2D eigenvalue weighted by Crippen LogP contribution is -2.15. The van der Waals surface area contributed by atoms with Crippen molar-refractivity contribution >= 4 is 31.8 Å². The molecule has 2 aromatic rings. The Morgan fingerprint density at radius 2 is 2.05 bits per heavy atom. The van der Waals surface area contributed by atoms with E-state index >= 15 is 0 Å². The Kier molecular flexibility index (Phi) is 4.24. The Morgan fingerprint density at radius 1 is 1.30 bits per heavy atom. The van der Waals surface area contributed by atoms with Crippen molar-refractivity contribution in [1.29, 1.82) is 0 Å². The molecule has 5 nitrogen and oxygen atoms in total. The summed E-state index contributed by atoms with van der Waals surface area (Å²) in [6.45, 7) is 0. The monoisotopic (exact) mass is 360 g/mol. The molecule has 0 saturated heterocycles. The lowest BCUT2D eigenvalue weighted by molar-refractivity contribution is 0.403. The number of halogens is 2. The number of hydrogen-bond acceptors (Lipinski definition) is 4. The van der Waals surface area contributed by atoms with Gasteiger partial charge in [0.15, 0.2) is 0 Å². The number of benzene rings is 1. The van der Waals surface area contributed by atoms with Gasteiger partial charge >= 0.3 is 0 Å². The fraction of sp³-hybridized carbons (Fsp3) is 0.0833. The van der Waals surface area contributed by atoms with E-state index < -0.39 is 16.0 Å². The number of nitrogens with zero attached hydrogens (tertiary/aromatic N) is 1. The molecule has 0 spiro atoms. The molecule has 0 radical (unpaired) electrons. The predicted molar refractivity (Wildman–Crippen MR) is 75.7 cm³/mol. The summed E-state index contributed by atoms with van der Waals surface area (Å²) >= 11 is 3.19. The molecule has 2 rings (SSSR count). The van der Waals surface area contributed by atoms with Crippen LogP contribution in [0.4, 0.5) is 10.2 Å². The number of nitrogens with one attached hydrogen (secondary N) is 1. The quantitative estimate of drug-likeness (QED) is 0.851. The van der Waals surface area contributed by atoms with E-state index in [0.29, 0.717) is 4.47 Å². The van der Waals surface area contributed by atoms with Gasteiger partial charge in [0.05, 0.1) is 7.11 Å². The number of ether oxygens (including phenoxy) is 1. The van der Waals surface area contributed by atoms with Crippen molar-refractivity contribution in [3.05, 3.63) is 46.8 Å². The van der Waals surface area contributed by atoms with Crippen molar-refractivity contribution in [1.82, 2.24) is 4.98 Å². The summed E-state index contributed by atoms with van der Waals surface area (Å²) in [5.41, 5.74) is 0. The first-order chi connectivity index (χ1) is 9.42. The molecule has 1 aromatic carbocycles. The van der Waals surface area contributed by atoms with E-state index in [1.54, 1.807) is 6.07 Å². The summed E-state index contributed by atoms with van der Waals surface area (Å²) in [6.07, 6.45) is 0. The summed E-state index contributed by atoms with van der Waals surface area (Å²) in [5.74, 6) is -0.699. The number of aromatic nitrogens is 1. The van der Waals surface area contributed by atoms with Crippen molar-refractivity contribution in [2.45, 2.75) is 4.90 Å². The van der Waals surface area contributed by atoms with Crippen LogP contribution in [0.2, 0.25) is 0 Å². The van der Waals surface area contributed by atoms with E-state index in [4.69, 9.17) is 4.74 Å². The molecule has 1 N–H and O–H groups in total. The third-order valence-electron chi connectivity index (χ3n) is 2.37. The smallest absolute Gasteiger partial charge is 0.266 e. The summed E-state index contributed by atoms with van der Waals surface area (Å²) in [6, 6.07) is 8.39. The SMILES string of the molecule is COc1ccc(Br)cc1S(=O)(=O)Nc1cccc(F)n1. The number of methoxy groups -OCH3 is 1. The van der Waals surface area contributed by atoms with Crippen LogP contribution in [-0.4, -0.2) is 20.5 Å². The molecule has 0 fully saturated rings. The third kappa shape index (κ3) is 3.26. The second-order valence-electron chi connectivity index (χ2n) is 3.75. The maximum Gasteiger partial charge on any atom is 0.266 e. The van der Waals surface area contributed by atoms with Gasteiger partial charge in [-0.3, -0.25) is 4.72 Å². The minimum Gasteiger partial charge on any atom is -0.495 e. The molecule has 0 aliphatic carbocycles. The lowest BCUT2D eigenvalue weighted by atomic mass is 10.3. The normalized spacial score (nSPS) is 11.2. The van der Waals surface area contributed by atoms with Gasteiger partial charge in [0.2, 0.25) is 5.95 Å². The molecule has 0 aliphatic heterocycles. The van der Waals surface area contributed by atoms with Gasteiger partial charge in [-0.1, -0.05) is 22.0 Å². The predicted octanol–water partition coefficient (Wildman–Crippen LogP) is 2.79. The van der Waals surface area contributed by atoms with E-state index in [9.17, 15) is 12.8 Å². The first kappa shape index (κ1) is 14.7. The summed E-state index contributed by atoms with van der Waals surface area (Å²) < 4.78 is 45.3. The van der Waals surface area contributed by atoms with Crippen molar-refractivity contribution in [3.63, 3.8) is 0 Å². The van der Waals surface area contributed by atoms with Gasteiger partial charge in [-0.2, -0.15) is 4.39 Å². The number of rotatable bonds is 4. The fourth-order valence-electron chi connectivity index (χ4n) is 1.52. The van der Waals surface area contributed by atoms with Crippen LogP contribution in [0, 0.1) is 5.95 Å². The van der Waals surface area contributed by atoms with Crippen LogP contribution in [0.1, 0.15) is 0 Å².